The quantitative estimate of drug-likeness (QED) is 0.239. The number of allylic oxidation sites excluding steroid dienone is 5. The molecular formula is C20H34O2Si2. The van der Waals surface area contributed by atoms with Crippen molar-refractivity contribution < 1.29 is 9.22 Å². The number of rotatable bonds is 8. The molecule has 0 heterocycles. The lowest BCUT2D eigenvalue weighted by atomic mass is 9.99. The highest BCUT2D eigenvalue weighted by Crippen LogP contribution is 2.13. The summed E-state index contributed by atoms with van der Waals surface area (Å²) >= 11 is 0. The summed E-state index contributed by atoms with van der Waals surface area (Å²) in [5.41, 5.74) is 3.31. The molecule has 0 aromatic rings. The Morgan fingerprint density at radius 3 is 2.33 bits per heavy atom. The molecule has 0 rings (SSSR count). The Morgan fingerprint density at radius 2 is 1.79 bits per heavy atom. The first-order valence-electron chi connectivity index (χ1n) is 8.79. The third kappa shape index (κ3) is 15.6. The van der Waals surface area contributed by atoms with Crippen LogP contribution in [0.1, 0.15) is 26.2 Å². The van der Waals surface area contributed by atoms with Crippen molar-refractivity contribution in [1.82, 2.24) is 0 Å². The van der Waals surface area contributed by atoms with Gasteiger partial charge in [-0.15, -0.1) is 5.54 Å². The summed E-state index contributed by atoms with van der Waals surface area (Å²) in [6.45, 7) is 14.9. The van der Waals surface area contributed by atoms with Gasteiger partial charge in [-0.3, -0.25) is 0 Å². The van der Waals surface area contributed by atoms with Gasteiger partial charge >= 0.3 is 5.97 Å². The van der Waals surface area contributed by atoms with E-state index in [2.05, 4.69) is 50.2 Å². The molecule has 0 spiro atoms. The van der Waals surface area contributed by atoms with E-state index in [-0.39, 0.29) is 5.97 Å². The maximum absolute atomic E-state index is 11.6. The van der Waals surface area contributed by atoms with Crippen LogP contribution in [-0.2, 0) is 9.22 Å². The van der Waals surface area contributed by atoms with E-state index in [1.54, 1.807) is 6.08 Å². The van der Waals surface area contributed by atoms with Gasteiger partial charge in [0.15, 0.2) is 0 Å². The third-order valence-electron chi connectivity index (χ3n) is 3.01. The Hall–Kier alpha value is -1.32. The molecule has 0 N–H and O–H groups in total. The molecule has 0 amide bonds. The van der Waals surface area contributed by atoms with Gasteiger partial charge in [0.1, 0.15) is 8.07 Å². The highest BCUT2D eigenvalue weighted by Gasteiger charge is 2.18. The molecule has 0 unspecified atom stereocenters. The molecule has 0 aromatic heterocycles. The van der Waals surface area contributed by atoms with Crippen LogP contribution in [0, 0.1) is 17.4 Å². The van der Waals surface area contributed by atoms with Crippen LogP contribution in [-0.4, -0.2) is 22.4 Å². The molecule has 134 valence electrons. The molecule has 0 aliphatic rings. The Bertz CT molecular complexity index is 521. The van der Waals surface area contributed by atoms with Gasteiger partial charge in [-0.2, -0.15) is 0 Å². The van der Waals surface area contributed by atoms with Crippen LogP contribution >= 0.6 is 0 Å². The van der Waals surface area contributed by atoms with Crippen LogP contribution in [0.4, 0.5) is 0 Å². The maximum atomic E-state index is 11.6. The summed E-state index contributed by atoms with van der Waals surface area (Å²) in [7, 11) is -3.05. The van der Waals surface area contributed by atoms with Crippen molar-refractivity contribution in [3.05, 3.63) is 36.5 Å². The summed E-state index contributed by atoms with van der Waals surface area (Å²) in [6.07, 6.45) is 14.8. The normalized spacial score (nSPS) is 14.1. The van der Waals surface area contributed by atoms with E-state index in [0.717, 1.165) is 19.3 Å². The molecule has 0 fully saturated rings. The average molecular weight is 363 g/mol. The van der Waals surface area contributed by atoms with E-state index in [1.807, 2.05) is 37.9 Å². The Labute approximate surface area is 151 Å². The second-order valence-electron chi connectivity index (χ2n) is 7.94. The van der Waals surface area contributed by atoms with Crippen molar-refractivity contribution in [3.63, 3.8) is 0 Å². The second kappa shape index (κ2) is 11.3. The molecule has 0 radical (unpaired) electrons. The van der Waals surface area contributed by atoms with Crippen molar-refractivity contribution in [2.24, 2.45) is 5.92 Å². The monoisotopic (exact) mass is 362 g/mol. The fraction of sp³-hybridized carbons (Fsp3) is 0.550. The number of hydrogen-bond acceptors (Lipinski definition) is 2. The topological polar surface area (TPSA) is 26.3 Å². The molecule has 0 aliphatic carbocycles. The lowest BCUT2D eigenvalue weighted by molar-refractivity contribution is -0.129. The molecule has 24 heavy (non-hydrogen) atoms. The van der Waals surface area contributed by atoms with Gasteiger partial charge < -0.3 is 4.43 Å². The Kier molecular flexibility index (Phi) is 10.7. The van der Waals surface area contributed by atoms with Gasteiger partial charge in [0.05, 0.1) is 0 Å². The fourth-order valence-corrected chi connectivity index (χ4v) is 3.03. The van der Waals surface area contributed by atoms with Gasteiger partial charge in [0.2, 0.25) is 8.32 Å². The summed E-state index contributed by atoms with van der Waals surface area (Å²) in [4.78, 5) is 11.6. The van der Waals surface area contributed by atoms with Gasteiger partial charge in [0, 0.05) is 6.08 Å². The first-order chi connectivity index (χ1) is 11.0. The number of carbonyl (C=O) groups excluding carboxylic acids is 1. The predicted octanol–water partition coefficient (Wildman–Crippen LogP) is 5.72. The summed E-state index contributed by atoms with van der Waals surface area (Å²) in [5, 5.41) is 0. The molecule has 4 heteroatoms. The molecule has 0 aromatic carbocycles. The van der Waals surface area contributed by atoms with E-state index in [1.165, 1.54) is 0 Å². The molecule has 1 atom stereocenters. The van der Waals surface area contributed by atoms with Gasteiger partial charge in [-0.1, -0.05) is 56.8 Å². The second-order valence-corrected chi connectivity index (χ2v) is 17.1. The minimum absolute atomic E-state index is 0.207. The maximum Gasteiger partial charge on any atom is 0.317 e. The zero-order chi connectivity index (χ0) is 18.6. The van der Waals surface area contributed by atoms with Gasteiger partial charge in [-0.05, 0) is 50.9 Å². The zero-order valence-corrected chi connectivity index (χ0v) is 18.5. The van der Waals surface area contributed by atoms with Gasteiger partial charge in [-0.25, -0.2) is 4.79 Å². The smallest absolute Gasteiger partial charge is 0.317 e. The van der Waals surface area contributed by atoms with E-state index < -0.39 is 16.4 Å². The number of hydrogen-bond donors (Lipinski definition) is 0. The van der Waals surface area contributed by atoms with E-state index in [4.69, 9.17) is 4.43 Å². The molecule has 0 bridgehead atoms. The SMILES string of the molecule is CC[C@H](/C=C/C=C/C#C[Si](C)(C)C)CC/C=C/C(=O)O[Si](C)(C)C. The average Bonchev–Trinajstić information content (AvgIpc) is 2.41. The van der Waals surface area contributed by atoms with Crippen molar-refractivity contribution in [1.29, 1.82) is 0 Å². The molecule has 2 nitrogen and oxygen atoms in total. The van der Waals surface area contributed by atoms with Crippen LogP contribution in [0.5, 0.6) is 0 Å². The highest BCUT2D eigenvalue weighted by atomic mass is 28.4. The minimum atomic E-state index is -1.78. The van der Waals surface area contributed by atoms with Crippen molar-refractivity contribution in [2.75, 3.05) is 0 Å². The Balaban J connectivity index is 4.24. The molecule has 0 aliphatic heterocycles. The van der Waals surface area contributed by atoms with Crippen LogP contribution < -0.4 is 0 Å². The molecular weight excluding hydrogens is 328 g/mol. The first-order valence-corrected chi connectivity index (χ1v) is 15.7. The summed E-state index contributed by atoms with van der Waals surface area (Å²) < 4.78 is 5.38. The Morgan fingerprint density at radius 1 is 1.12 bits per heavy atom. The highest BCUT2D eigenvalue weighted by molar-refractivity contribution is 6.83. The largest absolute Gasteiger partial charge is 0.517 e. The van der Waals surface area contributed by atoms with Crippen molar-refractivity contribution >= 4 is 22.4 Å². The van der Waals surface area contributed by atoms with Crippen molar-refractivity contribution in [3.8, 4) is 11.5 Å². The van der Waals surface area contributed by atoms with Crippen LogP contribution in [0.15, 0.2) is 36.5 Å². The first kappa shape index (κ1) is 22.7. The van der Waals surface area contributed by atoms with E-state index >= 15 is 0 Å². The third-order valence-corrected chi connectivity index (χ3v) is 4.72. The van der Waals surface area contributed by atoms with Gasteiger partial charge in [0.25, 0.3) is 0 Å². The lowest BCUT2D eigenvalue weighted by Crippen LogP contribution is -2.28. The summed E-state index contributed by atoms with van der Waals surface area (Å²) in [5.74, 6) is 3.44. The van der Waals surface area contributed by atoms with E-state index in [9.17, 15) is 4.79 Å². The summed E-state index contributed by atoms with van der Waals surface area (Å²) in [6, 6.07) is 0. The standard InChI is InChI=1S/C20H34O2Si2/c1-8-19(15-11-9-10-14-18-23(2,3)4)16-12-13-17-20(21)22-24(5,6)7/h9-11,13,15,17,19H,8,12,16H2,1-7H3/b10-9+,15-11+,17-13+/t19-/m1/s1. The molecule has 0 saturated heterocycles. The van der Waals surface area contributed by atoms with Crippen LogP contribution in [0.3, 0.4) is 0 Å². The predicted molar refractivity (Wildman–Crippen MR) is 111 cm³/mol. The zero-order valence-electron chi connectivity index (χ0n) is 16.5. The van der Waals surface area contributed by atoms with E-state index in [0.29, 0.717) is 5.92 Å². The minimum Gasteiger partial charge on any atom is -0.517 e. The lowest BCUT2D eigenvalue weighted by Gasteiger charge is -2.15. The number of carbonyl (C=O) groups is 1. The van der Waals surface area contributed by atoms with Crippen molar-refractivity contribution in [2.45, 2.75) is 65.5 Å². The van der Waals surface area contributed by atoms with Crippen LogP contribution in [0.2, 0.25) is 39.3 Å². The fourth-order valence-electron chi connectivity index (χ4n) is 1.85. The molecule has 0 saturated carbocycles. The van der Waals surface area contributed by atoms with Crippen LogP contribution in [0.25, 0.3) is 0 Å².